The number of nitrogens with zero attached hydrogens (tertiary/aromatic N) is 7. The minimum absolute atomic E-state index is 0.400. The van der Waals surface area contributed by atoms with Gasteiger partial charge in [-0.3, -0.25) is 0 Å². The van der Waals surface area contributed by atoms with Gasteiger partial charge in [-0.05, 0) is 12.8 Å². The first-order valence-electron chi connectivity index (χ1n) is 9.28. The minimum atomic E-state index is 0.400. The Balaban J connectivity index is 1.50. The van der Waals surface area contributed by atoms with Crippen molar-refractivity contribution in [2.45, 2.75) is 25.7 Å². The van der Waals surface area contributed by atoms with Crippen molar-refractivity contribution in [2.24, 2.45) is 0 Å². The zero-order valence-electron chi connectivity index (χ0n) is 15.2. The predicted octanol–water partition coefficient (Wildman–Crippen LogP) is 2.04. The van der Waals surface area contributed by atoms with Crippen molar-refractivity contribution in [3.05, 3.63) is 11.6 Å². The Morgan fingerprint density at radius 1 is 0.808 bits per heavy atom. The molecule has 0 saturated carbocycles. The molecular formula is C17H25N7OS. The predicted molar refractivity (Wildman–Crippen MR) is 104 cm³/mol. The number of ether oxygens (including phenoxy) is 1. The molecule has 8 nitrogen and oxygen atoms in total. The average molecular weight is 376 g/mol. The summed E-state index contributed by atoms with van der Waals surface area (Å²) in [6.07, 6.45) is 6.80. The molecule has 4 heterocycles. The molecule has 9 heteroatoms. The highest BCUT2D eigenvalue weighted by Gasteiger charge is 2.23. The lowest BCUT2D eigenvalue weighted by Crippen LogP contribution is -2.47. The largest absolute Gasteiger partial charge is 0.467 e. The second-order valence-corrected chi connectivity index (χ2v) is 7.49. The van der Waals surface area contributed by atoms with E-state index < -0.39 is 0 Å². The highest BCUT2D eigenvalue weighted by atomic mass is 32.1. The van der Waals surface area contributed by atoms with E-state index in [1.165, 1.54) is 25.7 Å². The second-order valence-electron chi connectivity index (χ2n) is 6.61. The highest BCUT2D eigenvalue weighted by molar-refractivity contribution is 7.13. The van der Waals surface area contributed by atoms with E-state index in [-0.39, 0.29) is 0 Å². The van der Waals surface area contributed by atoms with Gasteiger partial charge in [-0.2, -0.15) is 15.0 Å². The quantitative estimate of drug-likeness (QED) is 0.804. The van der Waals surface area contributed by atoms with Crippen molar-refractivity contribution in [1.29, 1.82) is 0 Å². The van der Waals surface area contributed by atoms with Crippen LogP contribution < -0.4 is 19.4 Å². The van der Waals surface area contributed by atoms with Crippen LogP contribution in [0.4, 0.5) is 17.0 Å². The molecule has 2 aromatic rings. The summed E-state index contributed by atoms with van der Waals surface area (Å²) in [4.78, 5) is 25.0. The van der Waals surface area contributed by atoms with Crippen LogP contribution in [0.25, 0.3) is 0 Å². The lowest BCUT2D eigenvalue weighted by Gasteiger charge is -2.34. The monoisotopic (exact) mass is 375 g/mol. The fourth-order valence-electron chi connectivity index (χ4n) is 3.45. The molecule has 2 aliphatic rings. The number of rotatable bonds is 4. The van der Waals surface area contributed by atoms with Crippen LogP contribution in [0.15, 0.2) is 11.6 Å². The topological polar surface area (TPSA) is 70.5 Å². The van der Waals surface area contributed by atoms with Gasteiger partial charge in [0.05, 0.1) is 7.11 Å². The Morgan fingerprint density at radius 3 is 2.00 bits per heavy atom. The maximum Gasteiger partial charge on any atom is 0.322 e. The van der Waals surface area contributed by atoms with Crippen molar-refractivity contribution in [3.63, 3.8) is 0 Å². The molecule has 4 rings (SSSR count). The highest BCUT2D eigenvalue weighted by Crippen LogP contribution is 2.23. The molecule has 2 aromatic heterocycles. The Hall–Kier alpha value is -2.16. The molecule has 0 radical (unpaired) electrons. The van der Waals surface area contributed by atoms with E-state index in [0.717, 1.165) is 56.3 Å². The molecule has 26 heavy (non-hydrogen) atoms. The molecule has 2 saturated heterocycles. The molecule has 2 fully saturated rings. The summed E-state index contributed by atoms with van der Waals surface area (Å²) in [5.41, 5.74) is 0. The standard InChI is InChI=1S/C17H25N7OS/c1-25-16-20-14(22-7-4-2-3-5-8-22)19-15(21-16)23-9-11-24(12-10-23)17-18-6-13-26-17/h6,13H,2-5,7-12H2,1H3. The summed E-state index contributed by atoms with van der Waals surface area (Å²) in [5.74, 6) is 1.46. The van der Waals surface area contributed by atoms with Gasteiger partial charge in [-0.1, -0.05) is 12.8 Å². The molecular weight excluding hydrogens is 350 g/mol. The van der Waals surface area contributed by atoms with Gasteiger partial charge >= 0.3 is 6.01 Å². The van der Waals surface area contributed by atoms with Crippen molar-refractivity contribution in [3.8, 4) is 6.01 Å². The zero-order valence-corrected chi connectivity index (χ0v) is 16.0. The third kappa shape index (κ3) is 3.82. The zero-order chi connectivity index (χ0) is 17.8. The van der Waals surface area contributed by atoms with Crippen LogP contribution in [0.3, 0.4) is 0 Å². The first-order valence-corrected chi connectivity index (χ1v) is 10.2. The summed E-state index contributed by atoms with van der Waals surface area (Å²) in [6, 6.07) is 0.400. The number of methoxy groups -OCH3 is 1. The molecule has 0 N–H and O–H groups in total. The number of anilines is 3. The minimum Gasteiger partial charge on any atom is -0.467 e. The van der Waals surface area contributed by atoms with Gasteiger partial charge in [0.15, 0.2) is 5.13 Å². The Kier molecular flexibility index (Phi) is 5.33. The van der Waals surface area contributed by atoms with Crippen LogP contribution in [0.1, 0.15) is 25.7 Å². The van der Waals surface area contributed by atoms with Crippen LogP contribution >= 0.6 is 11.3 Å². The SMILES string of the molecule is COc1nc(N2CCCCCC2)nc(N2CCN(c3nccs3)CC2)n1. The third-order valence-corrected chi connectivity index (χ3v) is 5.75. The third-order valence-electron chi connectivity index (χ3n) is 4.92. The summed E-state index contributed by atoms with van der Waals surface area (Å²) in [6.45, 7) is 5.58. The van der Waals surface area contributed by atoms with E-state index in [0.29, 0.717) is 6.01 Å². The van der Waals surface area contributed by atoms with E-state index in [2.05, 4.69) is 29.7 Å². The average Bonchev–Trinajstić information content (AvgIpc) is 3.10. The van der Waals surface area contributed by atoms with Crippen molar-refractivity contribution in [2.75, 3.05) is 61.1 Å². The maximum atomic E-state index is 5.35. The number of piperazine rings is 1. The molecule has 0 spiro atoms. The smallest absolute Gasteiger partial charge is 0.322 e. The Bertz CT molecular complexity index is 695. The summed E-state index contributed by atoms with van der Waals surface area (Å²) >= 11 is 1.68. The van der Waals surface area contributed by atoms with Gasteiger partial charge in [-0.25, -0.2) is 4.98 Å². The van der Waals surface area contributed by atoms with Crippen molar-refractivity contribution >= 4 is 28.4 Å². The van der Waals surface area contributed by atoms with E-state index in [1.807, 2.05) is 11.6 Å². The van der Waals surface area contributed by atoms with Gasteiger partial charge in [0, 0.05) is 50.8 Å². The van der Waals surface area contributed by atoms with Gasteiger partial charge in [0.2, 0.25) is 11.9 Å². The molecule has 0 aliphatic carbocycles. The molecule has 0 unspecified atom stereocenters. The lowest BCUT2D eigenvalue weighted by atomic mass is 10.2. The van der Waals surface area contributed by atoms with Crippen LogP contribution in [-0.4, -0.2) is 66.3 Å². The van der Waals surface area contributed by atoms with E-state index >= 15 is 0 Å². The molecule has 0 bridgehead atoms. The van der Waals surface area contributed by atoms with Gasteiger partial charge in [-0.15, -0.1) is 11.3 Å². The van der Waals surface area contributed by atoms with Gasteiger partial charge in [0.1, 0.15) is 0 Å². The number of aromatic nitrogens is 4. The van der Waals surface area contributed by atoms with Gasteiger partial charge in [0.25, 0.3) is 0 Å². The maximum absolute atomic E-state index is 5.35. The number of thiazole rings is 1. The first-order chi connectivity index (χ1) is 12.8. The lowest BCUT2D eigenvalue weighted by molar-refractivity contribution is 0.377. The summed E-state index contributed by atoms with van der Waals surface area (Å²) in [5, 5.41) is 3.11. The van der Waals surface area contributed by atoms with Crippen molar-refractivity contribution in [1.82, 2.24) is 19.9 Å². The molecule has 0 amide bonds. The van der Waals surface area contributed by atoms with Gasteiger partial charge < -0.3 is 19.4 Å². The fraction of sp³-hybridized carbons (Fsp3) is 0.647. The first kappa shape index (κ1) is 17.3. The normalized spacial score (nSPS) is 18.7. The van der Waals surface area contributed by atoms with Crippen LogP contribution in [-0.2, 0) is 0 Å². The van der Waals surface area contributed by atoms with Crippen LogP contribution in [0.2, 0.25) is 0 Å². The molecule has 2 aliphatic heterocycles. The molecule has 140 valence electrons. The second kappa shape index (κ2) is 8.03. The molecule has 0 aromatic carbocycles. The van der Waals surface area contributed by atoms with Crippen LogP contribution in [0, 0.1) is 0 Å². The van der Waals surface area contributed by atoms with E-state index in [4.69, 9.17) is 9.72 Å². The number of hydrogen-bond acceptors (Lipinski definition) is 9. The Labute approximate surface area is 157 Å². The number of hydrogen-bond donors (Lipinski definition) is 0. The van der Waals surface area contributed by atoms with E-state index in [1.54, 1.807) is 18.4 Å². The fourth-order valence-corrected chi connectivity index (χ4v) is 4.15. The summed E-state index contributed by atoms with van der Waals surface area (Å²) < 4.78 is 5.35. The van der Waals surface area contributed by atoms with E-state index in [9.17, 15) is 0 Å². The van der Waals surface area contributed by atoms with Crippen molar-refractivity contribution < 1.29 is 4.74 Å². The summed E-state index contributed by atoms with van der Waals surface area (Å²) in [7, 11) is 1.62. The van der Waals surface area contributed by atoms with Crippen LogP contribution in [0.5, 0.6) is 6.01 Å². The Morgan fingerprint density at radius 2 is 1.42 bits per heavy atom. The molecule has 0 atom stereocenters.